The topological polar surface area (TPSA) is 112 Å². The molecule has 1 unspecified atom stereocenters. The number of carboxylic acids is 2. The molecule has 1 atom stereocenters. The van der Waals surface area contributed by atoms with E-state index in [9.17, 15) is 19.8 Å². The molecule has 1 aliphatic rings. The Morgan fingerprint density at radius 3 is 2.72 bits per heavy atom. The highest BCUT2D eigenvalue weighted by Gasteiger charge is 2.28. The lowest BCUT2D eigenvalue weighted by Gasteiger charge is -2.12. The Morgan fingerprint density at radius 1 is 1.32 bits per heavy atom. The monoisotopic (exact) mass is 376 g/mol. The van der Waals surface area contributed by atoms with Gasteiger partial charge in [-0.05, 0) is 24.4 Å². The molecule has 0 saturated heterocycles. The van der Waals surface area contributed by atoms with Crippen LogP contribution in [0.15, 0.2) is 29.3 Å². The number of fused-ring (bicyclic) bond motifs is 1. The van der Waals surface area contributed by atoms with Crippen LogP contribution in [0.25, 0.3) is 11.6 Å². The summed E-state index contributed by atoms with van der Waals surface area (Å²) in [6.45, 7) is 0. The Bertz CT molecular complexity index is 987. The van der Waals surface area contributed by atoms with Gasteiger partial charge in [-0.15, -0.1) is 11.3 Å². The van der Waals surface area contributed by atoms with Gasteiger partial charge in [0, 0.05) is 17.4 Å². The van der Waals surface area contributed by atoms with Crippen molar-refractivity contribution in [3.05, 3.63) is 38.7 Å². The third kappa shape index (κ3) is 3.24. The third-order valence-corrected chi connectivity index (χ3v) is 4.99. The number of para-hydroxylation sites is 1. The first kappa shape index (κ1) is 17.1. The normalized spacial score (nSPS) is 15.3. The molecule has 0 bridgehead atoms. The molecule has 9 heteroatoms. The van der Waals surface area contributed by atoms with Crippen LogP contribution >= 0.6 is 23.6 Å². The van der Waals surface area contributed by atoms with Gasteiger partial charge in [0.25, 0.3) is 0 Å². The number of nitrogens with zero attached hydrogens (tertiary/aromatic N) is 2. The van der Waals surface area contributed by atoms with Crippen molar-refractivity contribution in [2.75, 3.05) is 0 Å². The number of carboxylic acid groups (broad SMARTS) is 2. The summed E-state index contributed by atoms with van der Waals surface area (Å²) >= 11 is 6.14. The molecule has 7 nitrogen and oxygen atoms in total. The van der Waals surface area contributed by atoms with Gasteiger partial charge in [0.05, 0.1) is 17.0 Å². The van der Waals surface area contributed by atoms with Crippen molar-refractivity contribution in [3.63, 3.8) is 0 Å². The summed E-state index contributed by atoms with van der Waals surface area (Å²) in [6, 6.07) is 5.99. The van der Waals surface area contributed by atoms with Gasteiger partial charge >= 0.3 is 11.9 Å². The molecule has 3 rings (SSSR count). The predicted octanol–water partition coefficient (Wildman–Crippen LogP) is 3.34. The van der Waals surface area contributed by atoms with Gasteiger partial charge in [-0.3, -0.25) is 14.4 Å². The van der Waals surface area contributed by atoms with Crippen LogP contribution in [-0.2, 0) is 9.59 Å². The summed E-state index contributed by atoms with van der Waals surface area (Å²) in [5.41, 5.74) is 2.43. The van der Waals surface area contributed by atoms with E-state index in [4.69, 9.17) is 17.3 Å². The Kier molecular flexibility index (Phi) is 4.51. The van der Waals surface area contributed by atoms with E-state index < -0.39 is 24.4 Å². The highest BCUT2D eigenvalue weighted by atomic mass is 32.1. The fourth-order valence-corrected chi connectivity index (χ4v) is 3.87. The minimum atomic E-state index is -1.47. The van der Waals surface area contributed by atoms with E-state index in [0.29, 0.717) is 4.88 Å². The van der Waals surface area contributed by atoms with Gasteiger partial charge in [-0.1, -0.05) is 18.2 Å². The van der Waals surface area contributed by atoms with Crippen molar-refractivity contribution in [3.8, 4) is 5.88 Å². The van der Waals surface area contributed by atoms with Gasteiger partial charge < -0.3 is 15.3 Å². The molecule has 1 aromatic carbocycles. The first-order valence-electron chi connectivity index (χ1n) is 7.12. The molecule has 2 heterocycles. The SMILES string of the molecule is O=C(O)CC(C(=O)O)n1c(O)c(/C=C2\C=Nc3ccccc32)sc1=S. The fourth-order valence-electron chi connectivity index (χ4n) is 2.51. The Balaban J connectivity index is 2.05. The average Bonchev–Trinajstić information content (AvgIpc) is 3.07. The highest BCUT2D eigenvalue weighted by molar-refractivity contribution is 7.73. The maximum atomic E-state index is 11.4. The molecule has 1 aliphatic heterocycles. The summed E-state index contributed by atoms with van der Waals surface area (Å²) < 4.78 is 1.04. The van der Waals surface area contributed by atoms with E-state index in [1.165, 1.54) is 0 Å². The van der Waals surface area contributed by atoms with Crippen molar-refractivity contribution < 1.29 is 24.9 Å². The maximum absolute atomic E-state index is 11.4. The Hall–Kier alpha value is -2.78. The number of hydrogen-bond donors (Lipinski definition) is 3. The molecule has 128 valence electrons. The van der Waals surface area contributed by atoms with Crippen LogP contribution in [0.5, 0.6) is 5.88 Å². The van der Waals surface area contributed by atoms with Crippen molar-refractivity contribution in [2.45, 2.75) is 12.5 Å². The minimum absolute atomic E-state index is 0.0845. The lowest BCUT2D eigenvalue weighted by atomic mass is 10.1. The summed E-state index contributed by atoms with van der Waals surface area (Å²) in [7, 11) is 0. The van der Waals surface area contributed by atoms with Crippen LogP contribution in [0, 0.1) is 3.95 Å². The number of aliphatic imine (C=N–C) groups is 1. The first-order valence-corrected chi connectivity index (χ1v) is 8.35. The number of rotatable bonds is 5. The zero-order valence-corrected chi connectivity index (χ0v) is 14.3. The van der Waals surface area contributed by atoms with Crippen molar-refractivity contribution in [2.24, 2.45) is 4.99 Å². The second-order valence-electron chi connectivity index (χ2n) is 5.25. The number of carbonyl (C=O) groups is 2. The van der Waals surface area contributed by atoms with E-state index in [-0.39, 0.29) is 9.83 Å². The second-order valence-corrected chi connectivity index (χ2v) is 6.93. The van der Waals surface area contributed by atoms with Gasteiger partial charge in [0.2, 0.25) is 5.88 Å². The number of hydrogen-bond acceptors (Lipinski definition) is 6. The number of aromatic hydroxyl groups is 1. The van der Waals surface area contributed by atoms with Gasteiger partial charge in [-0.2, -0.15) is 0 Å². The largest absolute Gasteiger partial charge is 0.493 e. The first-order chi connectivity index (χ1) is 11.9. The molecular formula is C16H12N2O5S2. The highest BCUT2D eigenvalue weighted by Crippen LogP contribution is 2.37. The maximum Gasteiger partial charge on any atom is 0.327 e. The van der Waals surface area contributed by atoms with Gasteiger partial charge in [0.1, 0.15) is 6.04 Å². The van der Waals surface area contributed by atoms with E-state index in [1.54, 1.807) is 12.3 Å². The van der Waals surface area contributed by atoms with Gasteiger partial charge in [0.15, 0.2) is 3.95 Å². The van der Waals surface area contributed by atoms with Crippen molar-refractivity contribution in [1.82, 2.24) is 4.57 Å². The summed E-state index contributed by atoms with van der Waals surface area (Å²) in [5.74, 6) is -3.04. The van der Waals surface area contributed by atoms with Crippen molar-refractivity contribution in [1.29, 1.82) is 0 Å². The predicted molar refractivity (Wildman–Crippen MR) is 96.2 cm³/mol. The van der Waals surface area contributed by atoms with Crippen LogP contribution in [0.2, 0.25) is 0 Å². The molecule has 0 aliphatic carbocycles. The minimum Gasteiger partial charge on any atom is -0.493 e. The molecule has 25 heavy (non-hydrogen) atoms. The van der Waals surface area contributed by atoms with E-state index in [2.05, 4.69) is 4.99 Å². The summed E-state index contributed by atoms with van der Waals surface area (Å²) in [6.07, 6.45) is 2.61. The molecule has 0 spiro atoms. The van der Waals surface area contributed by atoms with E-state index in [1.807, 2.05) is 24.3 Å². The smallest absolute Gasteiger partial charge is 0.327 e. The van der Waals surface area contributed by atoms with Crippen LogP contribution in [0.4, 0.5) is 5.69 Å². The van der Waals surface area contributed by atoms with Crippen molar-refractivity contribution >= 4 is 59.0 Å². The fraction of sp³-hybridized carbons (Fsp3) is 0.125. The zero-order chi connectivity index (χ0) is 18.1. The van der Waals surface area contributed by atoms with Gasteiger partial charge in [-0.25, -0.2) is 4.79 Å². The number of thiazole rings is 1. The molecule has 1 aromatic heterocycles. The Labute approximate surface area is 150 Å². The van der Waals surface area contributed by atoms with Crippen LogP contribution in [0.1, 0.15) is 22.9 Å². The molecule has 0 radical (unpaired) electrons. The lowest BCUT2D eigenvalue weighted by molar-refractivity contribution is -0.147. The number of aromatic nitrogens is 1. The molecular weight excluding hydrogens is 364 g/mol. The van der Waals surface area contributed by atoms with Crippen LogP contribution in [-0.4, -0.2) is 38.0 Å². The molecule has 0 saturated carbocycles. The third-order valence-electron chi connectivity index (χ3n) is 3.65. The molecule has 0 amide bonds. The quantitative estimate of drug-likeness (QED) is 0.690. The summed E-state index contributed by atoms with van der Waals surface area (Å²) in [5, 5.41) is 28.6. The number of aliphatic carboxylic acids is 2. The molecule has 2 aromatic rings. The standard InChI is InChI=1S/C16H12N2O5S2/c19-13(20)6-11(15(22)23)18-14(21)12(25-16(18)24)5-8-7-17-10-4-2-1-3-9(8)10/h1-5,7,11,21H,6H2,(H,19,20)(H,22,23)/b8-5+. The average molecular weight is 376 g/mol. The van der Waals surface area contributed by atoms with Crippen LogP contribution in [0.3, 0.4) is 0 Å². The van der Waals surface area contributed by atoms with Crippen LogP contribution < -0.4 is 0 Å². The van der Waals surface area contributed by atoms with E-state index >= 15 is 0 Å². The number of allylic oxidation sites excluding steroid dienone is 1. The summed E-state index contributed by atoms with van der Waals surface area (Å²) in [4.78, 5) is 26.9. The Morgan fingerprint density at radius 2 is 2.04 bits per heavy atom. The second kappa shape index (κ2) is 6.61. The zero-order valence-electron chi connectivity index (χ0n) is 12.6. The molecule has 0 fully saturated rings. The number of benzene rings is 1. The van der Waals surface area contributed by atoms with E-state index in [0.717, 1.165) is 32.7 Å². The lowest BCUT2D eigenvalue weighted by Crippen LogP contribution is -2.22. The molecule has 3 N–H and O–H groups in total.